The Kier molecular flexibility index (Phi) is 6.43. The van der Waals surface area contributed by atoms with Crippen LogP contribution in [-0.4, -0.2) is 45.2 Å². The number of hydrogen-bond acceptors (Lipinski definition) is 6. The molecule has 0 atom stereocenters. The fourth-order valence-corrected chi connectivity index (χ4v) is 4.97. The number of hydrogen-bond donors (Lipinski definition) is 0. The third kappa shape index (κ3) is 4.33. The van der Waals surface area contributed by atoms with Crippen LogP contribution in [0.3, 0.4) is 0 Å². The Hall–Kier alpha value is -2.97. The molecule has 0 unspecified atom stereocenters. The number of thioether (sulfide) groups is 1. The van der Waals surface area contributed by atoms with Gasteiger partial charge < -0.3 is 4.90 Å². The topological polar surface area (TPSA) is 57.9 Å². The first-order chi connectivity index (χ1) is 15.4. The molecule has 164 valence electrons. The van der Waals surface area contributed by atoms with Gasteiger partial charge in [0.25, 0.3) is 11.5 Å². The number of aryl methyl sites for hydroxylation is 2. The van der Waals surface area contributed by atoms with E-state index in [1.165, 1.54) is 21.7 Å². The van der Waals surface area contributed by atoms with Crippen molar-refractivity contribution in [3.05, 3.63) is 80.6 Å². The summed E-state index contributed by atoms with van der Waals surface area (Å²) in [6, 6.07) is 13.9. The van der Waals surface area contributed by atoms with Gasteiger partial charge in [-0.15, -0.1) is 0 Å². The second-order valence-corrected chi connectivity index (χ2v) is 9.53. The van der Waals surface area contributed by atoms with Crippen LogP contribution in [0.4, 0.5) is 5.82 Å². The lowest BCUT2D eigenvalue weighted by molar-refractivity contribution is -0.122. The van der Waals surface area contributed by atoms with Crippen LogP contribution in [0.5, 0.6) is 0 Å². The molecule has 1 saturated heterocycles. The van der Waals surface area contributed by atoms with Crippen LogP contribution < -0.4 is 10.5 Å². The molecule has 0 aliphatic carbocycles. The van der Waals surface area contributed by atoms with Crippen LogP contribution in [0.1, 0.15) is 23.1 Å². The zero-order chi connectivity index (χ0) is 22.8. The molecule has 8 heteroatoms. The minimum Gasteiger partial charge on any atom is -0.362 e. The summed E-state index contributed by atoms with van der Waals surface area (Å²) in [5, 5.41) is 0. The third-order valence-corrected chi connectivity index (χ3v) is 6.70. The molecule has 0 spiro atoms. The monoisotopic (exact) mass is 464 g/mol. The average Bonchev–Trinajstić information content (AvgIpc) is 3.04. The largest absolute Gasteiger partial charge is 0.362 e. The van der Waals surface area contributed by atoms with Gasteiger partial charge in [-0.1, -0.05) is 60.4 Å². The Morgan fingerprint density at radius 1 is 1.12 bits per heavy atom. The molecule has 32 heavy (non-hydrogen) atoms. The number of carbonyl (C=O) groups is 1. The van der Waals surface area contributed by atoms with Crippen LogP contribution >= 0.6 is 24.0 Å². The molecule has 1 fully saturated rings. The zero-order valence-electron chi connectivity index (χ0n) is 18.2. The number of anilines is 1. The molecular weight excluding hydrogens is 440 g/mol. The Bertz CT molecular complexity index is 1280. The Balaban J connectivity index is 1.63. The van der Waals surface area contributed by atoms with Crippen LogP contribution in [-0.2, 0) is 11.2 Å². The van der Waals surface area contributed by atoms with Crippen LogP contribution in [0.25, 0.3) is 11.7 Å². The van der Waals surface area contributed by atoms with Gasteiger partial charge in [0, 0.05) is 26.8 Å². The molecule has 1 amide bonds. The summed E-state index contributed by atoms with van der Waals surface area (Å²) in [5.74, 6) is 0.366. The summed E-state index contributed by atoms with van der Waals surface area (Å²) in [5.41, 5.74) is 2.91. The maximum absolute atomic E-state index is 13.3. The highest BCUT2D eigenvalue weighted by Gasteiger charge is 2.32. The maximum atomic E-state index is 13.3. The van der Waals surface area contributed by atoms with Crippen molar-refractivity contribution in [2.24, 2.45) is 0 Å². The van der Waals surface area contributed by atoms with Gasteiger partial charge in [-0.05, 0) is 43.0 Å². The van der Waals surface area contributed by atoms with E-state index in [0.29, 0.717) is 32.8 Å². The standard InChI is InChI=1S/C24H24N4O2S2/c1-16-9-7-13-27-20(16)25-21(26(2)3)18(22(27)29)15-19-23(30)28(24(31)32-19)14-8-12-17-10-5-4-6-11-17/h4-7,9-11,13,15H,8,12,14H2,1-3H3/b19-15-. The van der Waals surface area contributed by atoms with Gasteiger partial charge in [0.1, 0.15) is 15.8 Å². The summed E-state index contributed by atoms with van der Waals surface area (Å²) < 4.78 is 2.04. The van der Waals surface area contributed by atoms with E-state index < -0.39 is 0 Å². The summed E-state index contributed by atoms with van der Waals surface area (Å²) in [6.45, 7) is 2.47. The SMILES string of the molecule is Cc1cccn2c(=O)c(/C=C3\SC(=S)N(CCCc4ccccc4)C3=O)c(N(C)C)nc12. The minimum atomic E-state index is -0.211. The predicted molar refractivity (Wildman–Crippen MR) is 135 cm³/mol. The number of carbonyl (C=O) groups excluding carboxylic acids is 1. The van der Waals surface area contributed by atoms with Gasteiger partial charge in [-0.3, -0.25) is 18.9 Å². The normalized spacial score (nSPS) is 15.2. The van der Waals surface area contributed by atoms with E-state index in [1.807, 2.05) is 51.4 Å². The van der Waals surface area contributed by atoms with E-state index >= 15 is 0 Å². The fourth-order valence-electron chi connectivity index (χ4n) is 3.68. The molecule has 6 nitrogen and oxygen atoms in total. The quantitative estimate of drug-likeness (QED) is 0.407. The molecule has 1 aliphatic heterocycles. The maximum Gasteiger partial charge on any atom is 0.267 e. The average molecular weight is 465 g/mol. The van der Waals surface area contributed by atoms with Crippen molar-refractivity contribution in [2.75, 3.05) is 25.5 Å². The molecule has 1 aliphatic rings. The summed E-state index contributed by atoms with van der Waals surface area (Å²) in [6.07, 6.45) is 5.02. The Morgan fingerprint density at radius 2 is 1.88 bits per heavy atom. The van der Waals surface area contributed by atoms with Gasteiger partial charge in [0.2, 0.25) is 0 Å². The zero-order valence-corrected chi connectivity index (χ0v) is 19.9. The van der Waals surface area contributed by atoms with Gasteiger partial charge in [-0.25, -0.2) is 4.98 Å². The predicted octanol–water partition coefficient (Wildman–Crippen LogP) is 3.90. The molecule has 3 aromatic rings. The lowest BCUT2D eigenvalue weighted by Crippen LogP contribution is -2.29. The lowest BCUT2D eigenvalue weighted by atomic mass is 10.1. The first kappa shape index (κ1) is 22.2. The first-order valence-electron chi connectivity index (χ1n) is 10.4. The molecule has 3 heterocycles. The number of amides is 1. The number of aromatic nitrogens is 2. The number of fused-ring (bicyclic) bond motifs is 1. The van der Waals surface area contributed by atoms with E-state index in [4.69, 9.17) is 17.2 Å². The number of benzene rings is 1. The fraction of sp³-hybridized carbons (Fsp3) is 0.250. The second-order valence-electron chi connectivity index (χ2n) is 7.86. The number of pyridine rings is 1. The summed E-state index contributed by atoms with van der Waals surface area (Å²) >= 11 is 6.71. The van der Waals surface area contributed by atoms with Crippen LogP contribution in [0.15, 0.2) is 58.4 Å². The molecule has 0 N–H and O–H groups in total. The van der Waals surface area contributed by atoms with Crippen molar-refractivity contribution in [1.82, 2.24) is 14.3 Å². The van der Waals surface area contributed by atoms with Crippen molar-refractivity contribution in [1.29, 1.82) is 0 Å². The molecule has 2 aromatic heterocycles. The van der Waals surface area contributed by atoms with E-state index in [2.05, 4.69) is 12.1 Å². The van der Waals surface area contributed by atoms with Crippen molar-refractivity contribution in [2.45, 2.75) is 19.8 Å². The van der Waals surface area contributed by atoms with Crippen molar-refractivity contribution >= 4 is 51.7 Å². The molecule has 4 rings (SSSR count). The van der Waals surface area contributed by atoms with E-state index in [-0.39, 0.29) is 11.5 Å². The van der Waals surface area contributed by atoms with Crippen LogP contribution in [0.2, 0.25) is 0 Å². The molecule has 0 saturated carbocycles. The first-order valence-corrected chi connectivity index (χ1v) is 11.6. The third-order valence-electron chi connectivity index (χ3n) is 5.33. The van der Waals surface area contributed by atoms with Gasteiger partial charge >= 0.3 is 0 Å². The summed E-state index contributed by atoms with van der Waals surface area (Å²) in [4.78, 5) is 34.9. The number of nitrogens with zero attached hydrogens (tertiary/aromatic N) is 4. The number of thiocarbonyl (C=S) groups is 1. The molecule has 0 radical (unpaired) electrons. The molecular formula is C24H24N4O2S2. The Labute approximate surface area is 196 Å². The van der Waals surface area contributed by atoms with E-state index in [1.54, 1.807) is 22.1 Å². The van der Waals surface area contributed by atoms with Crippen molar-refractivity contribution in [3.8, 4) is 0 Å². The van der Waals surface area contributed by atoms with Crippen LogP contribution in [0, 0.1) is 6.92 Å². The minimum absolute atomic E-state index is 0.161. The Morgan fingerprint density at radius 3 is 2.59 bits per heavy atom. The molecule has 0 bridgehead atoms. The number of rotatable bonds is 6. The smallest absolute Gasteiger partial charge is 0.267 e. The van der Waals surface area contributed by atoms with E-state index in [0.717, 1.165) is 18.4 Å². The highest BCUT2D eigenvalue weighted by Crippen LogP contribution is 2.33. The summed E-state index contributed by atoms with van der Waals surface area (Å²) in [7, 11) is 3.67. The van der Waals surface area contributed by atoms with Gasteiger partial charge in [-0.2, -0.15) is 0 Å². The van der Waals surface area contributed by atoms with E-state index in [9.17, 15) is 9.59 Å². The lowest BCUT2D eigenvalue weighted by Gasteiger charge is -2.16. The van der Waals surface area contributed by atoms with Crippen molar-refractivity contribution in [3.63, 3.8) is 0 Å². The second kappa shape index (κ2) is 9.26. The van der Waals surface area contributed by atoms with Gasteiger partial charge in [0.05, 0.1) is 10.5 Å². The highest BCUT2D eigenvalue weighted by molar-refractivity contribution is 8.26. The van der Waals surface area contributed by atoms with Crippen molar-refractivity contribution < 1.29 is 4.79 Å². The highest BCUT2D eigenvalue weighted by atomic mass is 32.2. The molecule has 1 aromatic carbocycles. The van der Waals surface area contributed by atoms with Gasteiger partial charge in [0.15, 0.2) is 0 Å².